The number of ether oxygens (including phenoxy) is 2. The number of hydrogen-bond acceptors (Lipinski definition) is 6. The second-order valence-electron chi connectivity index (χ2n) is 12.0. The first-order chi connectivity index (χ1) is 20.0. The molecule has 1 aliphatic heterocycles. The second-order valence-corrected chi connectivity index (χ2v) is 12.0. The number of aliphatic hydroxyl groups is 2. The van der Waals surface area contributed by atoms with Gasteiger partial charge in [-0.15, -0.1) is 0 Å². The lowest BCUT2D eigenvalue weighted by Crippen LogP contribution is -2.56. The fourth-order valence-electron chi connectivity index (χ4n) is 7.68. The quantitative estimate of drug-likeness (QED) is 0.412. The molecule has 2 bridgehead atoms. The predicted octanol–water partition coefficient (Wildman–Crippen LogP) is 3.22. The summed E-state index contributed by atoms with van der Waals surface area (Å²) in [6, 6.07) is 14.6. The molecule has 0 aromatic heterocycles. The molecule has 6 rings (SSSR count). The first kappa shape index (κ1) is 27.8. The van der Waals surface area contributed by atoms with Crippen molar-refractivity contribution in [1.82, 2.24) is 10.2 Å². The van der Waals surface area contributed by atoms with Crippen molar-refractivity contribution in [3.63, 3.8) is 0 Å². The zero-order chi connectivity index (χ0) is 28.5. The molecule has 1 heterocycles. The summed E-state index contributed by atoms with van der Waals surface area (Å²) in [5.41, 5.74) is 2.33. The highest BCUT2D eigenvalue weighted by molar-refractivity contribution is 5.96. The normalized spacial score (nSPS) is 29.2. The smallest absolute Gasteiger partial charge is 0.247 e. The van der Waals surface area contributed by atoms with Crippen molar-refractivity contribution in [1.29, 1.82) is 0 Å². The number of para-hydroxylation sites is 1. The van der Waals surface area contributed by atoms with Gasteiger partial charge in [-0.25, -0.2) is 0 Å². The summed E-state index contributed by atoms with van der Waals surface area (Å²) in [4.78, 5) is 29.3. The molecule has 8 nitrogen and oxygen atoms in total. The number of benzene rings is 2. The predicted molar refractivity (Wildman–Crippen MR) is 154 cm³/mol. The van der Waals surface area contributed by atoms with E-state index in [1.54, 1.807) is 18.1 Å². The van der Waals surface area contributed by atoms with Gasteiger partial charge in [0, 0.05) is 30.6 Å². The molecule has 7 atom stereocenters. The third kappa shape index (κ3) is 5.47. The average molecular weight is 561 g/mol. The highest BCUT2D eigenvalue weighted by Crippen LogP contribution is 2.50. The van der Waals surface area contributed by atoms with Gasteiger partial charge in [0.15, 0.2) is 0 Å². The zero-order valence-corrected chi connectivity index (χ0v) is 23.6. The van der Waals surface area contributed by atoms with Gasteiger partial charge in [0.2, 0.25) is 11.8 Å². The van der Waals surface area contributed by atoms with Gasteiger partial charge in [0.05, 0.1) is 25.7 Å². The summed E-state index contributed by atoms with van der Waals surface area (Å²) in [6.45, 7) is 0.327. The lowest BCUT2D eigenvalue weighted by molar-refractivity contribution is -0.138. The van der Waals surface area contributed by atoms with Gasteiger partial charge in [0.1, 0.15) is 23.7 Å². The molecule has 2 fully saturated rings. The summed E-state index contributed by atoms with van der Waals surface area (Å²) >= 11 is 0. The van der Waals surface area contributed by atoms with E-state index in [9.17, 15) is 19.8 Å². The maximum absolute atomic E-state index is 14.1. The molecular formula is C33H40N2O6. The van der Waals surface area contributed by atoms with Crippen LogP contribution in [-0.4, -0.2) is 72.0 Å². The minimum atomic E-state index is -1.02. The molecule has 4 aliphatic rings. The number of nitrogens with zero attached hydrogens (tertiary/aromatic N) is 1. The number of nitrogens with one attached hydrogen (secondary N) is 1. The van der Waals surface area contributed by atoms with Crippen LogP contribution < -0.4 is 14.8 Å². The summed E-state index contributed by atoms with van der Waals surface area (Å²) in [5.74, 6) is 2.33. The van der Waals surface area contributed by atoms with Gasteiger partial charge in [0.25, 0.3) is 0 Å². The van der Waals surface area contributed by atoms with E-state index in [1.807, 2.05) is 48.5 Å². The standard InChI is InChI=1S/C33H40N2O6/c1-40-24-6-4-5-20(17-24)11-13-35(29(37)18-23-16-21-9-10-22(23)15-21)27-19-26(33(39)34-12-14-36)30-25-7-2-3-8-28(25)41-32(30)31(27)38/h2-8,17,19,21-23,27,30-32,36,38H,9-16,18H2,1H3,(H,34,39). The topological polar surface area (TPSA) is 108 Å². The van der Waals surface area contributed by atoms with E-state index in [1.165, 1.54) is 19.3 Å². The fraction of sp³-hybridized carbons (Fsp3) is 0.515. The Morgan fingerprint density at radius 3 is 2.73 bits per heavy atom. The van der Waals surface area contributed by atoms with Crippen LogP contribution in [0, 0.1) is 17.8 Å². The van der Waals surface area contributed by atoms with Gasteiger partial charge < -0.3 is 29.9 Å². The van der Waals surface area contributed by atoms with Crippen LogP contribution in [-0.2, 0) is 16.0 Å². The molecule has 2 amide bonds. The Morgan fingerprint density at radius 1 is 1.12 bits per heavy atom. The van der Waals surface area contributed by atoms with E-state index in [4.69, 9.17) is 9.47 Å². The molecule has 0 spiro atoms. The average Bonchev–Trinajstić information content (AvgIpc) is 3.72. The summed E-state index contributed by atoms with van der Waals surface area (Å²) in [7, 11) is 1.63. The van der Waals surface area contributed by atoms with E-state index in [2.05, 4.69) is 5.32 Å². The summed E-state index contributed by atoms with van der Waals surface area (Å²) < 4.78 is 11.7. The molecule has 3 N–H and O–H groups in total. The van der Waals surface area contributed by atoms with E-state index in [0.717, 1.165) is 29.2 Å². The maximum Gasteiger partial charge on any atom is 0.247 e. The van der Waals surface area contributed by atoms with Crippen molar-refractivity contribution in [3.05, 3.63) is 71.3 Å². The molecule has 0 saturated heterocycles. The molecule has 2 aromatic rings. The Hall–Kier alpha value is -3.36. The first-order valence-electron chi connectivity index (χ1n) is 14.9. The van der Waals surface area contributed by atoms with Crippen molar-refractivity contribution in [3.8, 4) is 11.5 Å². The number of fused-ring (bicyclic) bond motifs is 5. The molecule has 218 valence electrons. The number of rotatable bonds is 10. The van der Waals surface area contributed by atoms with Crippen LogP contribution in [0.15, 0.2) is 60.2 Å². The zero-order valence-electron chi connectivity index (χ0n) is 23.6. The third-order valence-electron chi connectivity index (χ3n) is 9.65. The maximum atomic E-state index is 14.1. The number of aliphatic hydroxyl groups excluding tert-OH is 2. The summed E-state index contributed by atoms with van der Waals surface area (Å²) in [5, 5.41) is 23.9. The van der Waals surface area contributed by atoms with Crippen LogP contribution in [0.5, 0.6) is 11.5 Å². The SMILES string of the molecule is COc1cccc(CCN(C(=O)CC2CC3CCC2C3)C2C=C(C(=O)NCCO)C3c4ccccc4OC3C2O)c1. The molecule has 2 aromatic carbocycles. The van der Waals surface area contributed by atoms with E-state index < -0.39 is 24.2 Å². The minimum Gasteiger partial charge on any atom is -0.497 e. The first-order valence-corrected chi connectivity index (χ1v) is 14.9. The molecule has 2 saturated carbocycles. The van der Waals surface area contributed by atoms with E-state index in [0.29, 0.717) is 42.5 Å². The largest absolute Gasteiger partial charge is 0.497 e. The number of hydrogen-bond donors (Lipinski definition) is 3. The molecule has 7 unspecified atom stereocenters. The van der Waals surface area contributed by atoms with Crippen LogP contribution in [0.25, 0.3) is 0 Å². The molecule has 3 aliphatic carbocycles. The lowest BCUT2D eigenvalue weighted by Gasteiger charge is -2.41. The molecular weight excluding hydrogens is 520 g/mol. The van der Waals surface area contributed by atoms with E-state index in [-0.39, 0.29) is 25.0 Å². The number of carbonyl (C=O) groups is 2. The Bertz CT molecular complexity index is 1310. The van der Waals surface area contributed by atoms with Gasteiger partial charge in [-0.2, -0.15) is 0 Å². The molecule has 41 heavy (non-hydrogen) atoms. The summed E-state index contributed by atoms with van der Waals surface area (Å²) in [6.07, 6.45) is 5.88. The molecule has 8 heteroatoms. The highest BCUT2D eigenvalue weighted by Gasteiger charge is 2.51. The van der Waals surface area contributed by atoms with Crippen molar-refractivity contribution < 1.29 is 29.3 Å². The van der Waals surface area contributed by atoms with Crippen LogP contribution in [0.3, 0.4) is 0 Å². The lowest BCUT2D eigenvalue weighted by atomic mass is 9.77. The van der Waals surface area contributed by atoms with Gasteiger partial charge >= 0.3 is 0 Å². The van der Waals surface area contributed by atoms with Crippen molar-refractivity contribution in [2.45, 2.75) is 62.7 Å². The van der Waals surface area contributed by atoms with Crippen molar-refractivity contribution in [2.75, 3.05) is 26.8 Å². The number of amides is 2. The Morgan fingerprint density at radius 2 is 1.98 bits per heavy atom. The van der Waals surface area contributed by atoms with Gasteiger partial charge in [-0.3, -0.25) is 9.59 Å². The highest BCUT2D eigenvalue weighted by atomic mass is 16.5. The van der Waals surface area contributed by atoms with Crippen LogP contribution in [0.2, 0.25) is 0 Å². The van der Waals surface area contributed by atoms with Gasteiger partial charge in [-0.05, 0) is 73.3 Å². The Kier molecular flexibility index (Phi) is 8.04. The monoisotopic (exact) mass is 560 g/mol. The Labute approximate surface area is 241 Å². The number of carbonyl (C=O) groups excluding carboxylic acids is 2. The van der Waals surface area contributed by atoms with Crippen LogP contribution >= 0.6 is 0 Å². The van der Waals surface area contributed by atoms with Crippen molar-refractivity contribution >= 4 is 11.8 Å². The third-order valence-corrected chi connectivity index (χ3v) is 9.65. The fourth-order valence-corrected chi connectivity index (χ4v) is 7.68. The Balaban J connectivity index is 1.32. The second kappa shape index (κ2) is 11.9. The number of methoxy groups -OCH3 is 1. The van der Waals surface area contributed by atoms with Gasteiger partial charge in [-0.1, -0.05) is 36.8 Å². The van der Waals surface area contributed by atoms with E-state index >= 15 is 0 Å². The van der Waals surface area contributed by atoms with Crippen molar-refractivity contribution in [2.24, 2.45) is 17.8 Å². The van der Waals surface area contributed by atoms with Crippen LogP contribution in [0.4, 0.5) is 0 Å². The minimum absolute atomic E-state index is 0.00910. The molecule has 0 radical (unpaired) electrons. The van der Waals surface area contributed by atoms with Crippen LogP contribution in [0.1, 0.15) is 49.1 Å².